The minimum absolute atomic E-state index is 0.266. The van der Waals surface area contributed by atoms with Crippen LogP contribution in [0.15, 0.2) is 30.5 Å². The summed E-state index contributed by atoms with van der Waals surface area (Å²) in [5.74, 6) is 2.81. The van der Waals surface area contributed by atoms with Gasteiger partial charge in [0.05, 0.1) is 19.2 Å². The van der Waals surface area contributed by atoms with Crippen molar-refractivity contribution in [3.05, 3.63) is 47.5 Å². The lowest BCUT2D eigenvalue weighted by atomic mass is 10.2. The van der Waals surface area contributed by atoms with Crippen LogP contribution in [0.3, 0.4) is 0 Å². The maximum Gasteiger partial charge on any atom is 0.160 e. The normalized spacial score (nSPS) is 10.7. The summed E-state index contributed by atoms with van der Waals surface area (Å²) in [5, 5.41) is 0. The number of benzene rings is 1. The van der Waals surface area contributed by atoms with Crippen LogP contribution in [0.25, 0.3) is 0 Å². The lowest BCUT2D eigenvalue weighted by molar-refractivity contribution is 0.300. The predicted octanol–water partition coefficient (Wildman–Crippen LogP) is 3.93. The molecule has 0 amide bonds. The summed E-state index contributed by atoms with van der Waals surface area (Å²) in [6.45, 7) is 4.54. The summed E-state index contributed by atoms with van der Waals surface area (Å²) in [4.78, 5) is 8.75. The lowest BCUT2D eigenvalue weighted by Crippen LogP contribution is -2.05. The molecule has 0 radical (unpaired) electrons. The SMILES string of the molecule is COc1ccc(COc2cnc(C(C)C)nc2CCl)cc1. The first-order valence-corrected chi connectivity index (χ1v) is 7.35. The van der Waals surface area contributed by atoms with E-state index in [0.29, 0.717) is 18.2 Å². The fourth-order valence-corrected chi connectivity index (χ4v) is 1.99. The molecule has 0 aliphatic rings. The van der Waals surface area contributed by atoms with Gasteiger partial charge in [-0.05, 0) is 17.7 Å². The molecule has 0 aliphatic carbocycles. The van der Waals surface area contributed by atoms with Gasteiger partial charge >= 0.3 is 0 Å². The van der Waals surface area contributed by atoms with Gasteiger partial charge in [0.15, 0.2) is 5.75 Å². The van der Waals surface area contributed by atoms with Gasteiger partial charge in [-0.3, -0.25) is 0 Å². The van der Waals surface area contributed by atoms with E-state index in [-0.39, 0.29) is 5.92 Å². The summed E-state index contributed by atoms with van der Waals surface area (Å²) in [7, 11) is 1.64. The average Bonchev–Trinajstić information content (AvgIpc) is 2.53. The van der Waals surface area contributed by atoms with E-state index in [1.165, 1.54) is 0 Å². The van der Waals surface area contributed by atoms with Gasteiger partial charge in [0.25, 0.3) is 0 Å². The molecule has 2 aromatic rings. The summed E-state index contributed by atoms with van der Waals surface area (Å²) in [6.07, 6.45) is 1.70. The Balaban J connectivity index is 2.08. The molecule has 21 heavy (non-hydrogen) atoms. The third-order valence-electron chi connectivity index (χ3n) is 3.04. The molecule has 1 aromatic heterocycles. The molecule has 0 bridgehead atoms. The van der Waals surface area contributed by atoms with E-state index in [2.05, 4.69) is 9.97 Å². The van der Waals surface area contributed by atoms with Gasteiger partial charge in [0, 0.05) is 5.92 Å². The van der Waals surface area contributed by atoms with Crippen molar-refractivity contribution in [2.75, 3.05) is 7.11 Å². The Morgan fingerprint density at radius 3 is 2.48 bits per heavy atom. The summed E-state index contributed by atoms with van der Waals surface area (Å²) >= 11 is 5.94. The molecule has 2 rings (SSSR count). The first-order valence-electron chi connectivity index (χ1n) is 6.81. The minimum Gasteiger partial charge on any atom is -0.497 e. The molecule has 0 saturated heterocycles. The molecule has 4 nitrogen and oxygen atoms in total. The Morgan fingerprint density at radius 2 is 1.90 bits per heavy atom. The minimum atomic E-state index is 0.266. The van der Waals surface area contributed by atoms with Crippen LogP contribution in [0.2, 0.25) is 0 Å². The van der Waals surface area contributed by atoms with E-state index in [1.807, 2.05) is 38.1 Å². The van der Waals surface area contributed by atoms with E-state index in [9.17, 15) is 0 Å². The molecule has 0 unspecified atom stereocenters. The Morgan fingerprint density at radius 1 is 1.19 bits per heavy atom. The molecule has 1 aromatic carbocycles. The number of rotatable bonds is 6. The number of nitrogens with zero attached hydrogens (tertiary/aromatic N) is 2. The molecule has 1 heterocycles. The Bertz CT molecular complexity index is 585. The van der Waals surface area contributed by atoms with Crippen LogP contribution in [-0.2, 0) is 12.5 Å². The molecule has 0 aliphatic heterocycles. The second-order valence-corrected chi connectivity index (χ2v) is 5.23. The van der Waals surface area contributed by atoms with Crippen LogP contribution in [-0.4, -0.2) is 17.1 Å². The van der Waals surface area contributed by atoms with Crippen LogP contribution in [0.1, 0.15) is 36.8 Å². The van der Waals surface area contributed by atoms with Gasteiger partial charge < -0.3 is 9.47 Å². The average molecular weight is 307 g/mol. The number of hydrogen-bond acceptors (Lipinski definition) is 4. The van der Waals surface area contributed by atoms with Gasteiger partial charge in [-0.1, -0.05) is 26.0 Å². The predicted molar refractivity (Wildman–Crippen MR) is 83.0 cm³/mol. The maximum absolute atomic E-state index is 5.94. The fraction of sp³-hybridized carbons (Fsp3) is 0.375. The third-order valence-corrected chi connectivity index (χ3v) is 3.30. The number of halogens is 1. The fourth-order valence-electron chi connectivity index (χ4n) is 1.80. The second-order valence-electron chi connectivity index (χ2n) is 4.96. The van der Waals surface area contributed by atoms with Crippen molar-refractivity contribution in [2.45, 2.75) is 32.3 Å². The summed E-state index contributed by atoms with van der Waals surface area (Å²) in [5.41, 5.74) is 1.77. The van der Waals surface area contributed by atoms with Crippen molar-refractivity contribution < 1.29 is 9.47 Å². The summed E-state index contributed by atoms with van der Waals surface area (Å²) < 4.78 is 10.9. The Kier molecular flexibility index (Phi) is 5.39. The van der Waals surface area contributed by atoms with E-state index < -0.39 is 0 Å². The van der Waals surface area contributed by atoms with Crippen molar-refractivity contribution in [1.29, 1.82) is 0 Å². The van der Waals surface area contributed by atoms with Gasteiger partial charge in [-0.25, -0.2) is 9.97 Å². The van der Waals surface area contributed by atoms with Gasteiger partial charge in [0.2, 0.25) is 0 Å². The quantitative estimate of drug-likeness (QED) is 0.759. The second kappa shape index (κ2) is 7.27. The van der Waals surface area contributed by atoms with Crippen molar-refractivity contribution >= 4 is 11.6 Å². The van der Waals surface area contributed by atoms with Crippen LogP contribution in [0, 0.1) is 0 Å². The van der Waals surface area contributed by atoms with Crippen molar-refractivity contribution in [3.8, 4) is 11.5 Å². The highest BCUT2D eigenvalue weighted by Crippen LogP contribution is 2.21. The smallest absolute Gasteiger partial charge is 0.160 e. The molecule has 0 atom stereocenters. The lowest BCUT2D eigenvalue weighted by Gasteiger charge is -2.11. The molecule has 0 saturated carbocycles. The number of aromatic nitrogens is 2. The van der Waals surface area contributed by atoms with E-state index >= 15 is 0 Å². The van der Waals surface area contributed by atoms with E-state index in [4.69, 9.17) is 21.1 Å². The zero-order chi connectivity index (χ0) is 15.2. The van der Waals surface area contributed by atoms with Crippen LogP contribution >= 0.6 is 11.6 Å². The molecular formula is C16H19ClN2O2. The number of alkyl halides is 1. The zero-order valence-electron chi connectivity index (χ0n) is 12.5. The Hall–Kier alpha value is -1.81. The van der Waals surface area contributed by atoms with Crippen LogP contribution in [0.4, 0.5) is 0 Å². The monoisotopic (exact) mass is 306 g/mol. The van der Waals surface area contributed by atoms with Gasteiger partial charge in [-0.2, -0.15) is 0 Å². The topological polar surface area (TPSA) is 44.2 Å². The Labute approximate surface area is 130 Å². The van der Waals surface area contributed by atoms with E-state index in [1.54, 1.807) is 13.3 Å². The first-order chi connectivity index (χ1) is 10.1. The third kappa shape index (κ3) is 4.08. The summed E-state index contributed by atoms with van der Waals surface area (Å²) in [6, 6.07) is 7.73. The zero-order valence-corrected chi connectivity index (χ0v) is 13.2. The largest absolute Gasteiger partial charge is 0.497 e. The maximum atomic E-state index is 5.94. The van der Waals surface area contributed by atoms with Crippen LogP contribution in [0.5, 0.6) is 11.5 Å². The van der Waals surface area contributed by atoms with Gasteiger partial charge in [-0.15, -0.1) is 11.6 Å². The van der Waals surface area contributed by atoms with Crippen molar-refractivity contribution in [2.24, 2.45) is 0 Å². The van der Waals surface area contributed by atoms with Crippen LogP contribution < -0.4 is 9.47 Å². The van der Waals surface area contributed by atoms with E-state index in [0.717, 1.165) is 22.8 Å². The molecule has 112 valence electrons. The standard InChI is InChI=1S/C16H19ClN2O2/c1-11(2)16-18-9-15(14(8-17)19-16)21-10-12-4-6-13(20-3)7-5-12/h4-7,9,11H,8,10H2,1-3H3. The molecular weight excluding hydrogens is 288 g/mol. The van der Waals surface area contributed by atoms with Crippen molar-refractivity contribution in [3.63, 3.8) is 0 Å². The first kappa shape index (κ1) is 15.6. The number of hydrogen-bond donors (Lipinski definition) is 0. The molecule has 5 heteroatoms. The van der Waals surface area contributed by atoms with Crippen molar-refractivity contribution in [1.82, 2.24) is 9.97 Å². The number of methoxy groups -OCH3 is 1. The molecule has 0 spiro atoms. The highest BCUT2D eigenvalue weighted by atomic mass is 35.5. The highest BCUT2D eigenvalue weighted by Gasteiger charge is 2.10. The molecule has 0 fully saturated rings. The molecule has 0 N–H and O–H groups in total. The van der Waals surface area contributed by atoms with Gasteiger partial charge in [0.1, 0.15) is 23.9 Å². The number of ether oxygens (including phenoxy) is 2. The highest BCUT2D eigenvalue weighted by molar-refractivity contribution is 6.17.